The van der Waals surface area contributed by atoms with E-state index in [0.29, 0.717) is 17.8 Å². The minimum absolute atomic E-state index is 0.0224. The summed E-state index contributed by atoms with van der Waals surface area (Å²) in [5, 5.41) is 12.0. The predicted octanol–water partition coefficient (Wildman–Crippen LogP) is 1.78. The molecule has 0 aromatic carbocycles. The molecule has 16 heavy (non-hydrogen) atoms. The number of carboxylic acids is 1. The third-order valence-electron chi connectivity index (χ3n) is 3.09. The van der Waals surface area contributed by atoms with Gasteiger partial charge in [-0.2, -0.15) is 0 Å². The minimum Gasteiger partial charge on any atom is -0.476 e. The molecule has 2 rings (SSSR count). The van der Waals surface area contributed by atoms with Crippen molar-refractivity contribution in [1.29, 1.82) is 0 Å². The largest absolute Gasteiger partial charge is 0.476 e. The third kappa shape index (κ3) is 2.29. The van der Waals surface area contributed by atoms with E-state index in [-0.39, 0.29) is 5.69 Å². The highest BCUT2D eigenvalue weighted by molar-refractivity contribution is 5.85. The van der Waals surface area contributed by atoms with Crippen molar-refractivity contribution in [1.82, 2.24) is 9.97 Å². The lowest BCUT2D eigenvalue weighted by Gasteiger charge is -2.32. The first-order chi connectivity index (χ1) is 7.66. The molecule has 1 aromatic rings. The van der Waals surface area contributed by atoms with E-state index in [4.69, 9.17) is 5.11 Å². The van der Waals surface area contributed by atoms with Gasteiger partial charge in [0, 0.05) is 6.04 Å². The number of aromatic nitrogens is 2. The molecule has 1 aliphatic carbocycles. The topological polar surface area (TPSA) is 75.1 Å². The second kappa shape index (κ2) is 4.47. The van der Waals surface area contributed by atoms with E-state index < -0.39 is 5.97 Å². The monoisotopic (exact) mass is 221 g/mol. The fraction of sp³-hybridized carbons (Fsp3) is 0.545. The third-order valence-corrected chi connectivity index (χ3v) is 3.09. The van der Waals surface area contributed by atoms with Crippen LogP contribution in [0.25, 0.3) is 0 Å². The second-order valence-electron chi connectivity index (χ2n) is 4.22. The number of nitrogens with one attached hydrogen (secondary N) is 1. The number of nitrogens with zero attached hydrogens (tertiary/aromatic N) is 2. The van der Waals surface area contributed by atoms with Crippen molar-refractivity contribution in [2.45, 2.75) is 32.2 Å². The van der Waals surface area contributed by atoms with E-state index in [1.807, 2.05) is 0 Å². The number of hydrogen-bond acceptors (Lipinski definition) is 4. The maximum Gasteiger partial charge on any atom is 0.356 e. The van der Waals surface area contributed by atoms with Crippen molar-refractivity contribution < 1.29 is 9.90 Å². The van der Waals surface area contributed by atoms with E-state index in [2.05, 4.69) is 22.2 Å². The normalized spacial score (nSPS) is 17.6. The van der Waals surface area contributed by atoms with Gasteiger partial charge in [0.25, 0.3) is 0 Å². The van der Waals surface area contributed by atoms with Crippen LogP contribution in [0.5, 0.6) is 0 Å². The summed E-state index contributed by atoms with van der Waals surface area (Å²) in [6.07, 6.45) is 6.57. The Kier molecular flexibility index (Phi) is 3.03. The highest BCUT2D eigenvalue weighted by Gasteiger charge is 2.24. The van der Waals surface area contributed by atoms with Gasteiger partial charge in [0.05, 0.1) is 12.4 Å². The van der Waals surface area contributed by atoms with E-state index >= 15 is 0 Å². The molecular weight excluding hydrogens is 206 g/mol. The number of anilines is 1. The van der Waals surface area contributed by atoms with Crippen molar-refractivity contribution >= 4 is 11.8 Å². The number of rotatable bonds is 4. The zero-order chi connectivity index (χ0) is 11.5. The average molecular weight is 221 g/mol. The lowest BCUT2D eigenvalue weighted by molar-refractivity contribution is 0.0690. The van der Waals surface area contributed by atoms with Gasteiger partial charge in [0.1, 0.15) is 5.82 Å². The van der Waals surface area contributed by atoms with Crippen LogP contribution < -0.4 is 5.32 Å². The van der Waals surface area contributed by atoms with Crippen LogP contribution in [0.4, 0.5) is 5.82 Å². The van der Waals surface area contributed by atoms with Gasteiger partial charge in [0.2, 0.25) is 0 Å². The molecule has 1 heterocycles. The molecule has 2 N–H and O–H groups in total. The van der Waals surface area contributed by atoms with Crippen molar-refractivity contribution in [3.05, 3.63) is 18.1 Å². The molecule has 0 amide bonds. The van der Waals surface area contributed by atoms with Crippen molar-refractivity contribution in [2.24, 2.45) is 5.92 Å². The quantitative estimate of drug-likeness (QED) is 0.810. The molecule has 0 bridgehead atoms. The highest BCUT2D eigenvalue weighted by atomic mass is 16.4. The molecule has 0 aliphatic heterocycles. The molecule has 1 saturated carbocycles. The zero-order valence-electron chi connectivity index (χ0n) is 9.18. The summed E-state index contributed by atoms with van der Waals surface area (Å²) < 4.78 is 0. The van der Waals surface area contributed by atoms with Crippen LogP contribution in [0, 0.1) is 5.92 Å². The Bertz CT molecular complexity index is 391. The molecule has 1 aliphatic rings. The fourth-order valence-electron chi connectivity index (χ4n) is 1.83. The zero-order valence-corrected chi connectivity index (χ0v) is 9.18. The Morgan fingerprint density at radius 1 is 1.56 bits per heavy atom. The lowest BCUT2D eigenvalue weighted by atomic mass is 9.80. The summed E-state index contributed by atoms with van der Waals surface area (Å²) in [5.41, 5.74) is -0.0224. The van der Waals surface area contributed by atoms with Crippen LogP contribution in [-0.2, 0) is 0 Å². The van der Waals surface area contributed by atoms with E-state index in [0.717, 1.165) is 0 Å². The number of carbonyl (C=O) groups is 1. The average Bonchev–Trinajstić information content (AvgIpc) is 2.15. The molecule has 5 heteroatoms. The van der Waals surface area contributed by atoms with Crippen molar-refractivity contribution in [3.63, 3.8) is 0 Å². The van der Waals surface area contributed by atoms with Crippen molar-refractivity contribution in [3.8, 4) is 0 Å². The number of aromatic carboxylic acids is 1. The van der Waals surface area contributed by atoms with Gasteiger partial charge in [-0.05, 0) is 25.7 Å². The van der Waals surface area contributed by atoms with Gasteiger partial charge in [-0.25, -0.2) is 9.78 Å². The molecule has 1 fully saturated rings. The van der Waals surface area contributed by atoms with Gasteiger partial charge < -0.3 is 10.4 Å². The standard InChI is InChI=1S/C11H15N3O2/c1-7(8-3-2-4-8)13-10-6-12-5-9(14-10)11(15)16/h5-8H,2-4H2,1H3,(H,13,14)(H,15,16). The second-order valence-corrected chi connectivity index (χ2v) is 4.22. The van der Waals surface area contributed by atoms with Crippen LogP contribution in [0.15, 0.2) is 12.4 Å². The highest BCUT2D eigenvalue weighted by Crippen LogP contribution is 2.30. The lowest BCUT2D eigenvalue weighted by Crippen LogP contribution is -2.31. The Morgan fingerprint density at radius 3 is 2.88 bits per heavy atom. The van der Waals surface area contributed by atoms with E-state index in [1.165, 1.54) is 25.5 Å². The summed E-state index contributed by atoms with van der Waals surface area (Å²) in [7, 11) is 0. The maximum atomic E-state index is 10.7. The van der Waals surface area contributed by atoms with Crippen LogP contribution in [0.3, 0.4) is 0 Å². The first kappa shape index (κ1) is 10.9. The van der Waals surface area contributed by atoms with Gasteiger partial charge in [-0.3, -0.25) is 4.98 Å². The molecule has 0 radical (unpaired) electrons. The van der Waals surface area contributed by atoms with E-state index in [1.54, 1.807) is 6.20 Å². The first-order valence-electron chi connectivity index (χ1n) is 5.48. The smallest absolute Gasteiger partial charge is 0.356 e. The number of carboxylic acid groups (broad SMARTS) is 1. The Morgan fingerprint density at radius 2 is 2.31 bits per heavy atom. The molecular formula is C11H15N3O2. The molecule has 1 aromatic heterocycles. The molecule has 86 valence electrons. The summed E-state index contributed by atoms with van der Waals surface area (Å²) >= 11 is 0. The van der Waals surface area contributed by atoms with E-state index in [9.17, 15) is 4.79 Å². The molecule has 5 nitrogen and oxygen atoms in total. The van der Waals surface area contributed by atoms with Crippen LogP contribution >= 0.6 is 0 Å². The summed E-state index contributed by atoms with van der Waals surface area (Å²) in [4.78, 5) is 18.5. The summed E-state index contributed by atoms with van der Waals surface area (Å²) in [5.74, 6) is 0.169. The molecule has 0 saturated heterocycles. The van der Waals surface area contributed by atoms with Crippen LogP contribution in [0.1, 0.15) is 36.7 Å². The molecule has 1 unspecified atom stereocenters. The van der Waals surface area contributed by atoms with Crippen LogP contribution in [0.2, 0.25) is 0 Å². The fourth-order valence-corrected chi connectivity index (χ4v) is 1.83. The molecule has 0 spiro atoms. The Balaban J connectivity index is 2.02. The van der Waals surface area contributed by atoms with Gasteiger partial charge in [-0.15, -0.1) is 0 Å². The number of hydrogen-bond donors (Lipinski definition) is 2. The van der Waals surface area contributed by atoms with Gasteiger partial charge >= 0.3 is 5.97 Å². The van der Waals surface area contributed by atoms with Crippen LogP contribution in [-0.4, -0.2) is 27.1 Å². The summed E-state index contributed by atoms with van der Waals surface area (Å²) in [6.45, 7) is 2.10. The van der Waals surface area contributed by atoms with Gasteiger partial charge in [0.15, 0.2) is 5.69 Å². The van der Waals surface area contributed by atoms with Crippen molar-refractivity contribution in [2.75, 3.05) is 5.32 Å². The SMILES string of the molecule is CC(Nc1cncc(C(=O)O)n1)C1CCC1. The minimum atomic E-state index is -1.05. The maximum absolute atomic E-state index is 10.7. The Labute approximate surface area is 93.9 Å². The first-order valence-corrected chi connectivity index (χ1v) is 5.48. The summed E-state index contributed by atoms with van der Waals surface area (Å²) in [6, 6.07) is 0.326. The predicted molar refractivity (Wildman–Crippen MR) is 59.4 cm³/mol. The Hall–Kier alpha value is -1.65. The van der Waals surface area contributed by atoms with Gasteiger partial charge in [-0.1, -0.05) is 6.42 Å². The molecule has 1 atom stereocenters.